The minimum absolute atomic E-state index is 0.0971. The maximum Gasteiger partial charge on any atom is 0.519 e. The van der Waals surface area contributed by atoms with Crippen molar-refractivity contribution in [3.05, 3.63) is 39.9 Å². The van der Waals surface area contributed by atoms with E-state index in [1.54, 1.807) is 0 Å². The van der Waals surface area contributed by atoms with Gasteiger partial charge in [-0.05, 0) is 6.92 Å². The Labute approximate surface area is 137 Å². The summed E-state index contributed by atoms with van der Waals surface area (Å²) >= 11 is 0. The van der Waals surface area contributed by atoms with Crippen LogP contribution >= 0.6 is 0 Å². The molecular weight excluding hydrogens is 342 g/mol. The number of hydrogen-bond acceptors (Lipinski definition) is 8. The number of nitrogens with zero attached hydrogens (tertiary/aromatic N) is 3. The van der Waals surface area contributed by atoms with Crippen molar-refractivity contribution in [3.8, 4) is 0 Å². The molecule has 0 N–H and O–H groups in total. The molecule has 0 amide bonds. The summed E-state index contributed by atoms with van der Waals surface area (Å²) in [5, 5.41) is 0. The predicted octanol–water partition coefficient (Wildman–Crippen LogP) is 0.312. The van der Waals surface area contributed by atoms with Gasteiger partial charge in [0.2, 0.25) is 0 Å². The number of Topliss-reactive ketones (excluding diaryl/α,β-unsaturated/α-hetero) is 1. The van der Waals surface area contributed by atoms with Crippen LogP contribution in [0.5, 0.6) is 0 Å². The van der Waals surface area contributed by atoms with Crippen molar-refractivity contribution < 1.29 is 26.8 Å². The zero-order chi connectivity index (χ0) is 18.1. The van der Waals surface area contributed by atoms with E-state index >= 15 is 0 Å². The van der Waals surface area contributed by atoms with E-state index in [1.807, 2.05) is 0 Å². The quantitative estimate of drug-likeness (QED) is 0.647. The summed E-state index contributed by atoms with van der Waals surface area (Å²) in [7, 11) is -1.26. The molecule has 0 saturated heterocycles. The molecule has 10 nitrogen and oxygen atoms in total. The standard InChI is InChI=1S/C13H17N3O7S/c1-8(17)12-14-5-10(16(12)24(19,20)15(3)4)6-21-7-11-9(2)22-13(18)23-11/h5H,6-7H2,1-4H3. The highest BCUT2D eigenvalue weighted by atomic mass is 32.2. The molecule has 11 heteroatoms. The van der Waals surface area contributed by atoms with Gasteiger partial charge in [-0.15, -0.1) is 0 Å². The highest BCUT2D eigenvalue weighted by Crippen LogP contribution is 2.15. The van der Waals surface area contributed by atoms with Crippen molar-refractivity contribution in [1.82, 2.24) is 13.3 Å². The van der Waals surface area contributed by atoms with Crippen LogP contribution in [-0.2, 0) is 28.2 Å². The summed E-state index contributed by atoms with van der Waals surface area (Å²) in [6, 6.07) is 0. The van der Waals surface area contributed by atoms with Crippen molar-refractivity contribution in [1.29, 1.82) is 0 Å². The monoisotopic (exact) mass is 359 g/mol. The number of carbonyl (C=O) groups is 1. The Hall–Kier alpha value is -2.24. The molecule has 0 saturated carbocycles. The van der Waals surface area contributed by atoms with E-state index in [1.165, 1.54) is 34.1 Å². The first kappa shape index (κ1) is 18.1. The maximum absolute atomic E-state index is 12.4. The second-order valence-electron chi connectivity index (χ2n) is 5.11. The van der Waals surface area contributed by atoms with Gasteiger partial charge in [0.1, 0.15) is 12.4 Å². The molecule has 2 aromatic rings. The summed E-state index contributed by atoms with van der Waals surface area (Å²) in [6.07, 6.45) is 1.25. The first-order valence-electron chi connectivity index (χ1n) is 6.82. The SMILES string of the molecule is CC(=O)c1ncc(COCc2oc(=O)oc2C)n1S(=O)(=O)N(C)C. The molecular formula is C13H17N3O7S. The normalized spacial score (nSPS) is 12.0. The Kier molecular flexibility index (Phi) is 5.06. The Morgan fingerprint density at radius 2 is 2.00 bits per heavy atom. The lowest BCUT2D eigenvalue weighted by Crippen LogP contribution is -2.32. The van der Waals surface area contributed by atoms with Crippen molar-refractivity contribution in [2.45, 2.75) is 27.1 Å². The van der Waals surface area contributed by atoms with E-state index in [0.717, 1.165) is 8.28 Å². The molecule has 132 valence electrons. The smallest absolute Gasteiger partial charge is 0.396 e. The van der Waals surface area contributed by atoms with Crippen molar-refractivity contribution in [2.75, 3.05) is 14.1 Å². The molecule has 0 aliphatic heterocycles. The molecule has 0 aliphatic carbocycles. The van der Waals surface area contributed by atoms with Gasteiger partial charge in [-0.25, -0.2) is 13.8 Å². The first-order chi connectivity index (χ1) is 11.1. The highest BCUT2D eigenvalue weighted by Gasteiger charge is 2.26. The Morgan fingerprint density at radius 3 is 2.50 bits per heavy atom. The fourth-order valence-electron chi connectivity index (χ4n) is 1.88. The number of rotatable bonds is 7. The summed E-state index contributed by atoms with van der Waals surface area (Å²) < 4.78 is 41.4. The van der Waals surface area contributed by atoms with Crippen LogP contribution in [0, 0.1) is 6.92 Å². The van der Waals surface area contributed by atoms with Crippen LogP contribution in [-0.4, -0.2) is 41.6 Å². The van der Waals surface area contributed by atoms with Crippen LogP contribution in [0.4, 0.5) is 0 Å². The maximum atomic E-state index is 12.4. The van der Waals surface area contributed by atoms with Crippen LogP contribution in [0.15, 0.2) is 19.8 Å². The molecule has 0 spiro atoms. The van der Waals surface area contributed by atoms with Gasteiger partial charge in [-0.2, -0.15) is 12.7 Å². The van der Waals surface area contributed by atoms with Crippen LogP contribution in [0.2, 0.25) is 0 Å². The molecule has 24 heavy (non-hydrogen) atoms. The van der Waals surface area contributed by atoms with E-state index in [9.17, 15) is 18.0 Å². The minimum Gasteiger partial charge on any atom is -0.396 e. The van der Waals surface area contributed by atoms with Gasteiger partial charge in [-0.3, -0.25) is 4.79 Å². The number of ketones is 1. The molecule has 2 rings (SSSR count). The largest absolute Gasteiger partial charge is 0.519 e. The van der Waals surface area contributed by atoms with E-state index in [2.05, 4.69) is 4.98 Å². The van der Waals surface area contributed by atoms with E-state index < -0.39 is 21.8 Å². The number of carbonyl (C=O) groups excluding carboxylic acids is 1. The van der Waals surface area contributed by atoms with Gasteiger partial charge in [-0.1, -0.05) is 0 Å². The summed E-state index contributed by atoms with van der Waals surface area (Å²) in [5.74, 6) is -1.07. The third kappa shape index (κ3) is 3.47. The fraction of sp³-hybridized carbons (Fsp3) is 0.462. The topological polar surface area (TPSA) is 125 Å². The minimum atomic E-state index is -3.94. The zero-order valence-electron chi connectivity index (χ0n) is 13.6. The Balaban J connectivity index is 2.26. The number of aromatic nitrogens is 2. The summed E-state index contributed by atoms with van der Waals surface area (Å²) in [4.78, 5) is 26.4. The molecule has 2 aromatic heterocycles. The van der Waals surface area contributed by atoms with Gasteiger partial charge >= 0.3 is 16.0 Å². The van der Waals surface area contributed by atoms with E-state index in [-0.39, 0.29) is 36.3 Å². The third-order valence-electron chi connectivity index (χ3n) is 3.11. The Morgan fingerprint density at radius 1 is 1.33 bits per heavy atom. The lowest BCUT2D eigenvalue weighted by atomic mass is 10.4. The lowest BCUT2D eigenvalue weighted by molar-refractivity contribution is 0.0883. The fourth-order valence-corrected chi connectivity index (χ4v) is 3.00. The van der Waals surface area contributed by atoms with Gasteiger partial charge in [0.05, 0.1) is 18.5 Å². The second kappa shape index (κ2) is 6.71. The number of aryl methyl sites for hydroxylation is 1. The lowest BCUT2D eigenvalue weighted by Gasteiger charge is -2.16. The van der Waals surface area contributed by atoms with Gasteiger partial charge in [0.25, 0.3) is 0 Å². The van der Waals surface area contributed by atoms with Crippen LogP contribution < -0.4 is 5.82 Å². The van der Waals surface area contributed by atoms with Gasteiger partial charge in [0.15, 0.2) is 17.4 Å². The van der Waals surface area contributed by atoms with Crippen molar-refractivity contribution in [3.63, 3.8) is 0 Å². The average Bonchev–Trinajstić information content (AvgIpc) is 3.03. The average molecular weight is 359 g/mol. The number of hydrogen-bond donors (Lipinski definition) is 0. The van der Waals surface area contributed by atoms with E-state index in [0.29, 0.717) is 0 Å². The molecule has 0 aromatic carbocycles. The van der Waals surface area contributed by atoms with Gasteiger partial charge < -0.3 is 13.6 Å². The van der Waals surface area contributed by atoms with Crippen LogP contribution in [0.25, 0.3) is 0 Å². The summed E-state index contributed by atoms with van der Waals surface area (Å²) in [6.45, 7) is 2.50. The summed E-state index contributed by atoms with van der Waals surface area (Å²) in [5.41, 5.74) is 0.164. The first-order valence-corrected chi connectivity index (χ1v) is 8.22. The number of imidazole rings is 1. The van der Waals surface area contributed by atoms with Crippen molar-refractivity contribution >= 4 is 16.0 Å². The van der Waals surface area contributed by atoms with Gasteiger partial charge in [0, 0.05) is 21.0 Å². The van der Waals surface area contributed by atoms with Crippen molar-refractivity contribution in [2.24, 2.45) is 0 Å². The van der Waals surface area contributed by atoms with Crippen LogP contribution in [0.1, 0.15) is 34.8 Å². The third-order valence-corrected chi connectivity index (χ3v) is 4.91. The molecule has 0 radical (unpaired) electrons. The molecule has 0 aliphatic rings. The molecule has 0 unspecified atom stereocenters. The van der Waals surface area contributed by atoms with Crippen LogP contribution in [0.3, 0.4) is 0 Å². The predicted molar refractivity (Wildman–Crippen MR) is 80.7 cm³/mol. The Bertz CT molecular complexity index is 904. The zero-order valence-corrected chi connectivity index (χ0v) is 14.4. The molecule has 2 heterocycles. The van der Waals surface area contributed by atoms with E-state index in [4.69, 9.17) is 13.6 Å². The number of ether oxygens (including phenoxy) is 1. The molecule has 0 atom stereocenters. The second-order valence-corrected chi connectivity index (χ2v) is 7.10. The molecule has 0 fully saturated rings. The molecule has 0 bridgehead atoms. The highest BCUT2D eigenvalue weighted by molar-refractivity contribution is 7.87.